The Labute approximate surface area is 203 Å². The van der Waals surface area contributed by atoms with Crippen molar-refractivity contribution in [2.45, 2.75) is 136 Å². The van der Waals surface area contributed by atoms with Crippen LogP contribution in [0.2, 0.25) is 18.1 Å². The van der Waals surface area contributed by atoms with Gasteiger partial charge in [-0.3, -0.25) is 4.79 Å². The van der Waals surface area contributed by atoms with Crippen LogP contribution in [0.3, 0.4) is 0 Å². The normalized spacial score (nSPS) is 49.2. The van der Waals surface area contributed by atoms with Crippen LogP contribution in [0.1, 0.15) is 93.4 Å². The van der Waals surface area contributed by atoms with Gasteiger partial charge in [0.15, 0.2) is 14.1 Å². The minimum atomic E-state index is -1.97. The van der Waals surface area contributed by atoms with E-state index in [1.165, 1.54) is 25.7 Å². The number of rotatable bonds is 2. The average molecular weight is 477 g/mol. The molecule has 1 saturated heterocycles. The molecule has 5 aliphatic rings. The van der Waals surface area contributed by atoms with Crippen LogP contribution in [-0.2, 0) is 18.7 Å². The molecule has 1 aliphatic heterocycles. The summed E-state index contributed by atoms with van der Waals surface area (Å²) in [7, 11) is -1.97. The van der Waals surface area contributed by atoms with Gasteiger partial charge in [-0.1, -0.05) is 40.5 Å². The van der Waals surface area contributed by atoms with E-state index < -0.39 is 19.5 Å². The third-order valence-corrected chi connectivity index (χ3v) is 16.0. The fourth-order valence-electron chi connectivity index (χ4n) is 8.64. The summed E-state index contributed by atoms with van der Waals surface area (Å²) in [6.07, 6.45) is 8.13. The summed E-state index contributed by atoms with van der Waals surface area (Å²) in [5, 5.41) is 0.146. The van der Waals surface area contributed by atoms with E-state index >= 15 is 0 Å². The Bertz CT molecular complexity index is 815. The Morgan fingerprint density at radius 3 is 2.24 bits per heavy atom. The highest BCUT2D eigenvalue weighted by Crippen LogP contribution is 2.68. The number of fused-ring (bicyclic) bond motifs is 8. The fourth-order valence-corrected chi connectivity index (χ4v) is 10.1. The van der Waals surface area contributed by atoms with Gasteiger partial charge in [0.2, 0.25) is 0 Å². The van der Waals surface area contributed by atoms with Crippen molar-refractivity contribution in [1.82, 2.24) is 0 Å². The summed E-state index contributed by atoms with van der Waals surface area (Å²) in [5.41, 5.74) is -0.210. The molecule has 1 heterocycles. The first-order valence-electron chi connectivity index (χ1n) is 13.7. The standard InChI is InChI=1S/C28H48O4Si/c1-25(2,3)33(8,9)32-21-14-13-17-22-19(16-20(29)28(17,21)7)27(6)15-11-10-12-18(27)23-24(22)31-26(4,5)30-23/h17-19,21-24H,10-16H2,1-9H3/t17?,18?,19?,21-,22?,23+,24+,27-,28+/m0/s1. The van der Waals surface area contributed by atoms with Crippen LogP contribution in [0, 0.1) is 34.5 Å². The molecule has 0 aromatic carbocycles. The van der Waals surface area contributed by atoms with Crippen LogP contribution in [0.15, 0.2) is 0 Å². The molecule has 0 amide bonds. The maximum Gasteiger partial charge on any atom is 0.192 e. The first-order valence-corrected chi connectivity index (χ1v) is 16.6. The third-order valence-electron chi connectivity index (χ3n) is 11.5. The molecule has 0 N–H and O–H groups in total. The lowest BCUT2D eigenvalue weighted by Gasteiger charge is -2.62. The Hall–Kier alpha value is -0.233. The van der Waals surface area contributed by atoms with E-state index in [0.29, 0.717) is 35.9 Å². The number of hydrogen-bond donors (Lipinski definition) is 0. The third kappa shape index (κ3) is 3.42. The van der Waals surface area contributed by atoms with Crippen LogP contribution in [0.5, 0.6) is 0 Å². The summed E-state index contributed by atoms with van der Waals surface area (Å²) >= 11 is 0. The van der Waals surface area contributed by atoms with E-state index in [0.717, 1.165) is 12.8 Å². The van der Waals surface area contributed by atoms with E-state index in [2.05, 4.69) is 61.6 Å². The molecule has 9 atom stereocenters. The van der Waals surface area contributed by atoms with Gasteiger partial charge in [0.25, 0.3) is 0 Å². The number of ketones is 1. The molecule has 33 heavy (non-hydrogen) atoms. The zero-order valence-electron chi connectivity index (χ0n) is 22.6. The summed E-state index contributed by atoms with van der Waals surface area (Å²) in [5.74, 6) is 1.60. The molecule has 5 fully saturated rings. The van der Waals surface area contributed by atoms with E-state index in [-0.39, 0.29) is 28.8 Å². The Morgan fingerprint density at radius 2 is 1.58 bits per heavy atom. The SMILES string of the molecule is CC1(C)O[C@@H]2C3C(CC(=O)[C@@]4(C)C3CC[C@@H]4O[Si](C)(C)C(C)(C)C)[C@@]3(C)CCCCC3[C@H]2O1. The molecule has 5 rings (SSSR count). The smallest absolute Gasteiger partial charge is 0.192 e. The van der Waals surface area contributed by atoms with Crippen molar-refractivity contribution in [3.05, 3.63) is 0 Å². The summed E-state index contributed by atoms with van der Waals surface area (Å²) in [6, 6.07) is 0. The molecule has 0 aromatic heterocycles. The van der Waals surface area contributed by atoms with Crippen molar-refractivity contribution in [2.24, 2.45) is 34.5 Å². The Balaban J connectivity index is 1.53. The van der Waals surface area contributed by atoms with Gasteiger partial charge >= 0.3 is 0 Å². The lowest BCUT2D eigenvalue weighted by atomic mass is 9.43. The molecule has 0 bridgehead atoms. The molecule has 5 heteroatoms. The zero-order chi connectivity index (χ0) is 24.2. The fraction of sp³-hybridized carbons (Fsp3) is 0.964. The van der Waals surface area contributed by atoms with Gasteiger partial charge in [-0.25, -0.2) is 0 Å². The van der Waals surface area contributed by atoms with Crippen molar-refractivity contribution < 1.29 is 18.7 Å². The summed E-state index contributed by atoms with van der Waals surface area (Å²) in [6.45, 7) is 20.5. The molecular formula is C28H48O4Si. The summed E-state index contributed by atoms with van der Waals surface area (Å²) < 4.78 is 20.4. The van der Waals surface area contributed by atoms with Crippen molar-refractivity contribution in [2.75, 3.05) is 0 Å². The van der Waals surface area contributed by atoms with Crippen molar-refractivity contribution in [1.29, 1.82) is 0 Å². The van der Waals surface area contributed by atoms with Crippen LogP contribution in [-0.4, -0.2) is 38.2 Å². The molecule has 4 unspecified atom stereocenters. The van der Waals surface area contributed by atoms with E-state index in [4.69, 9.17) is 13.9 Å². The highest BCUT2D eigenvalue weighted by Gasteiger charge is 2.70. The van der Waals surface area contributed by atoms with Gasteiger partial charge in [-0.05, 0) is 93.7 Å². The first-order chi connectivity index (χ1) is 15.1. The molecule has 0 radical (unpaired) electrons. The second-order valence-corrected chi connectivity index (χ2v) is 19.3. The van der Waals surface area contributed by atoms with E-state index in [1.807, 2.05) is 0 Å². The van der Waals surface area contributed by atoms with Crippen LogP contribution in [0.25, 0.3) is 0 Å². The minimum absolute atomic E-state index is 0.0440. The lowest BCUT2D eigenvalue weighted by Crippen LogP contribution is -2.65. The highest BCUT2D eigenvalue weighted by atomic mass is 28.4. The zero-order valence-corrected chi connectivity index (χ0v) is 23.6. The largest absolute Gasteiger partial charge is 0.413 e. The van der Waals surface area contributed by atoms with Gasteiger partial charge in [-0.15, -0.1) is 0 Å². The predicted octanol–water partition coefficient (Wildman–Crippen LogP) is 6.73. The number of carbonyl (C=O) groups excluding carboxylic acids is 1. The molecule has 0 aromatic rings. The average Bonchev–Trinajstić information content (AvgIpc) is 3.18. The Morgan fingerprint density at radius 1 is 0.909 bits per heavy atom. The van der Waals surface area contributed by atoms with Crippen molar-refractivity contribution >= 4 is 14.1 Å². The van der Waals surface area contributed by atoms with Gasteiger partial charge in [0.1, 0.15) is 5.78 Å². The molecule has 4 aliphatic carbocycles. The topological polar surface area (TPSA) is 44.8 Å². The van der Waals surface area contributed by atoms with Crippen molar-refractivity contribution in [3.8, 4) is 0 Å². The van der Waals surface area contributed by atoms with Gasteiger partial charge in [-0.2, -0.15) is 0 Å². The number of Topliss-reactive ketones (excluding diaryl/α,β-unsaturated/α-hetero) is 1. The predicted molar refractivity (Wildman–Crippen MR) is 133 cm³/mol. The van der Waals surface area contributed by atoms with Crippen molar-refractivity contribution in [3.63, 3.8) is 0 Å². The Kier molecular flexibility index (Phi) is 5.48. The quantitative estimate of drug-likeness (QED) is 0.415. The lowest BCUT2D eigenvalue weighted by molar-refractivity contribution is -0.187. The highest BCUT2D eigenvalue weighted by molar-refractivity contribution is 6.74. The molecule has 188 valence electrons. The maximum absolute atomic E-state index is 14.1. The van der Waals surface area contributed by atoms with Gasteiger partial charge in [0.05, 0.1) is 23.7 Å². The summed E-state index contributed by atoms with van der Waals surface area (Å²) in [4.78, 5) is 14.1. The molecular weight excluding hydrogens is 428 g/mol. The first kappa shape index (κ1) is 24.5. The minimum Gasteiger partial charge on any atom is -0.413 e. The van der Waals surface area contributed by atoms with E-state index in [9.17, 15) is 4.79 Å². The second-order valence-electron chi connectivity index (χ2n) is 14.6. The van der Waals surface area contributed by atoms with Crippen LogP contribution >= 0.6 is 0 Å². The molecule has 4 nitrogen and oxygen atoms in total. The molecule has 0 spiro atoms. The number of hydrogen-bond acceptors (Lipinski definition) is 4. The van der Waals surface area contributed by atoms with Crippen LogP contribution < -0.4 is 0 Å². The van der Waals surface area contributed by atoms with Gasteiger partial charge in [0, 0.05) is 6.42 Å². The van der Waals surface area contributed by atoms with E-state index in [1.54, 1.807) is 0 Å². The number of carbonyl (C=O) groups is 1. The number of ether oxygens (including phenoxy) is 2. The second kappa shape index (κ2) is 7.40. The maximum atomic E-state index is 14.1. The van der Waals surface area contributed by atoms with Gasteiger partial charge < -0.3 is 13.9 Å². The monoisotopic (exact) mass is 476 g/mol. The molecule has 4 saturated carbocycles. The van der Waals surface area contributed by atoms with Crippen LogP contribution in [0.4, 0.5) is 0 Å².